The molecule has 0 bridgehead atoms. The normalized spacial score (nSPS) is 14.7. The lowest BCUT2D eigenvalue weighted by Gasteiger charge is -2.30. The molecule has 3 rings (SSSR count). The molecule has 2 aromatic carbocycles. The van der Waals surface area contributed by atoms with E-state index in [9.17, 15) is 13.2 Å². The molecule has 1 unspecified atom stereocenters. The summed E-state index contributed by atoms with van der Waals surface area (Å²) < 4.78 is 32.3. The molecule has 0 aromatic heterocycles. The Labute approximate surface area is 171 Å². The molecule has 6 nitrogen and oxygen atoms in total. The predicted molar refractivity (Wildman–Crippen MR) is 112 cm³/mol. The smallest absolute Gasteiger partial charge is 0.258 e. The van der Waals surface area contributed by atoms with E-state index in [1.165, 1.54) is 12.1 Å². The van der Waals surface area contributed by atoms with Crippen molar-refractivity contribution in [3.05, 3.63) is 54.1 Å². The number of hydrogen-bond acceptors (Lipinski definition) is 4. The van der Waals surface area contributed by atoms with Gasteiger partial charge in [0.2, 0.25) is 10.0 Å². The largest absolute Gasteiger partial charge is 0.497 e. The summed E-state index contributed by atoms with van der Waals surface area (Å²) in [5.74, 6) is 3.13. The summed E-state index contributed by atoms with van der Waals surface area (Å²) in [4.78, 5) is 15.2. The first-order chi connectivity index (χ1) is 13.9. The first-order valence-corrected chi connectivity index (χ1v) is 10.9. The van der Waals surface area contributed by atoms with Gasteiger partial charge in [-0.05, 0) is 68.1 Å². The Bertz CT molecular complexity index is 1020. The van der Waals surface area contributed by atoms with Crippen LogP contribution in [0.15, 0.2) is 53.4 Å². The van der Waals surface area contributed by atoms with Gasteiger partial charge in [-0.25, -0.2) is 8.42 Å². The van der Waals surface area contributed by atoms with Crippen LogP contribution >= 0.6 is 0 Å². The van der Waals surface area contributed by atoms with E-state index < -0.39 is 10.0 Å². The number of hydrogen-bond donors (Lipinski definition) is 1. The molecule has 0 saturated heterocycles. The molecule has 0 heterocycles. The maximum Gasteiger partial charge on any atom is 0.258 e. The summed E-state index contributed by atoms with van der Waals surface area (Å²) in [5, 5.41) is 0. The van der Waals surface area contributed by atoms with Crippen molar-refractivity contribution in [2.45, 2.75) is 30.7 Å². The molecule has 7 heteroatoms. The molecular weight excluding hydrogens is 388 g/mol. The second-order valence-corrected chi connectivity index (χ2v) is 8.77. The van der Waals surface area contributed by atoms with Crippen molar-refractivity contribution >= 4 is 21.6 Å². The Hall–Kier alpha value is -2.82. The Morgan fingerprint density at radius 3 is 2.55 bits per heavy atom. The standard InChI is InChI=1S/C22H24N2O4S/c1-4-14-23-29(26,27)21-7-5-6-18(15-21)22(25)24(16(2)17-8-9-17)19-10-12-20(28-3)13-11-19/h1,5-7,10-13,15-17,23H,8-9,14H2,2-3H3. The van der Waals surface area contributed by atoms with Crippen LogP contribution in [0.1, 0.15) is 30.1 Å². The minimum atomic E-state index is -3.78. The molecule has 1 aliphatic carbocycles. The third-order valence-corrected chi connectivity index (χ3v) is 6.44. The topological polar surface area (TPSA) is 75.7 Å². The number of carbonyl (C=O) groups excluding carboxylic acids is 1. The zero-order valence-electron chi connectivity index (χ0n) is 16.5. The van der Waals surface area contributed by atoms with Gasteiger partial charge in [0.15, 0.2) is 0 Å². The number of nitrogens with one attached hydrogen (secondary N) is 1. The van der Waals surface area contributed by atoms with E-state index in [0.29, 0.717) is 17.2 Å². The molecule has 2 aromatic rings. The van der Waals surface area contributed by atoms with E-state index in [0.717, 1.165) is 18.5 Å². The molecule has 0 radical (unpaired) electrons. The second-order valence-electron chi connectivity index (χ2n) is 7.01. The van der Waals surface area contributed by atoms with E-state index in [-0.39, 0.29) is 23.4 Å². The average Bonchev–Trinajstić information content (AvgIpc) is 3.58. The quantitative estimate of drug-likeness (QED) is 0.676. The zero-order chi connectivity index (χ0) is 21.0. The minimum Gasteiger partial charge on any atom is -0.497 e. The molecule has 1 amide bonds. The summed E-state index contributed by atoms with van der Waals surface area (Å²) in [6.07, 6.45) is 7.29. The molecule has 29 heavy (non-hydrogen) atoms. The third-order valence-electron chi connectivity index (χ3n) is 5.04. The summed E-state index contributed by atoms with van der Waals surface area (Å²) >= 11 is 0. The lowest BCUT2D eigenvalue weighted by molar-refractivity contribution is 0.0975. The van der Waals surface area contributed by atoms with Crippen LogP contribution in [0.3, 0.4) is 0 Å². The Morgan fingerprint density at radius 2 is 1.97 bits per heavy atom. The molecule has 1 aliphatic rings. The highest BCUT2D eigenvalue weighted by Crippen LogP contribution is 2.38. The van der Waals surface area contributed by atoms with Gasteiger partial charge in [-0.1, -0.05) is 12.0 Å². The Balaban J connectivity index is 1.95. The second kappa shape index (κ2) is 8.68. The molecule has 1 fully saturated rings. The number of rotatable bonds is 8. The van der Waals surface area contributed by atoms with Gasteiger partial charge in [-0.2, -0.15) is 4.72 Å². The highest BCUT2D eigenvalue weighted by Gasteiger charge is 2.35. The van der Waals surface area contributed by atoms with Gasteiger partial charge in [-0.3, -0.25) is 4.79 Å². The molecule has 152 valence electrons. The first kappa shape index (κ1) is 20.9. The minimum absolute atomic E-state index is 0.00396. The number of ether oxygens (including phenoxy) is 1. The molecule has 1 atom stereocenters. The van der Waals surface area contributed by atoms with Crippen molar-refractivity contribution in [3.8, 4) is 18.1 Å². The van der Waals surface area contributed by atoms with Gasteiger partial charge in [0.05, 0.1) is 18.6 Å². The first-order valence-electron chi connectivity index (χ1n) is 9.38. The van der Waals surface area contributed by atoms with Gasteiger partial charge in [-0.15, -0.1) is 6.42 Å². The number of nitrogens with zero attached hydrogens (tertiary/aromatic N) is 1. The van der Waals surface area contributed by atoms with Crippen molar-refractivity contribution in [1.82, 2.24) is 4.72 Å². The number of amides is 1. The molecular formula is C22H24N2O4S. The number of benzene rings is 2. The fraction of sp³-hybridized carbons (Fsp3) is 0.318. The lowest BCUT2D eigenvalue weighted by Crippen LogP contribution is -2.40. The molecule has 0 spiro atoms. The van der Waals surface area contributed by atoms with Crippen LogP contribution in [0.25, 0.3) is 0 Å². The zero-order valence-corrected chi connectivity index (χ0v) is 17.3. The van der Waals surface area contributed by atoms with Crippen LogP contribution in [-0.2, 0) is 10.0 Å². The maximum absolute atomic E-state index is 13.4. The molecule has 0 aliphatic heterocycles. The van der Waals surface area contributed by atoms with Crippen LogP contribution < -0.4 is 14.4 Å². The number of sulfonamides is 1. The van der Waals surface area contributed by atoms with Crippen LogP contribution in [0, 0.1) is 18.3 Å². The van der Waals surface area contributed by atoms with E-state index in [1.807, 2.05) is 19.1 Å². The van der Waals surface area contributed by atoms with Gasteiger partial charge >= 0.3 is 0 Å². The molecule has 1 saturated carbocycles. The lowest BCUT2D eigenvalue weighted by atomic mass is 10.1. The third kappa shape index (κ3) is 4.78. The van der Waals surface area contributed by atoms with E-state index in [2.05, 4.69) is 10.6 Å². The monoisotopic (exact) mass is 412 g/mol. The van der Waals surface area contributed by atoms with E-state index in [4.69, 9.17) is 11.2 Å². The fourth-order valence-electron chi connectivity index (χ4n) is 3.22. The van der Waals surface area contributed by atoms with E-state index >= 15 is 0 Å². The number of methoxy groups -OCH3 is 1. The van der Waals surface area contributed by atoms with Crippen molar-refractivity contribution < 1.29 is 17.9 Å². The van der Waals surface area contributed by atoms with Crippen molar-refractivity contribution in [2.75, 3.05) is 18.6 Å². The van der Waals surface area contributed by atoms with E-state index in [1.54, 1.807) is 36.3 Å². The number of terminal acetylenes is 1. The van der Waals surface area contributed by atoms with Gasteiger partial charge < -0.3 is 9.64 Å². The Kier molecular flexibility index (Phi) is 6.26. The van der Waals surface area contributed by atoms with Crippen LogP contribution in [0.5, 0.6) is 5.75 Å². The van der Waals surface area contributed by atoms with Crippen molar-refractivity contribution in [3.63, 3.8) is 0 Å². The number of anilines is 1. The Morgan fingerprint density at radius 1 is 1.28 bits per heavy atom. The highest BCUT2D eigenvalue weighted by atomic mass is 32.2. The summed E-state index contributed by atoms with van der Waals surface area (Å²) in [6.45, 7) is 1.91. The maximum atomic E-state index is 13.4. The van der Waals surface area contributed by atoms with Crippen LogP contribution in [0.2, 0.25) is 0 Å². The van der Waals surface area contributed by atoms with Crippen LogP contribution in [-0.4, -0.2) is 34.0 Å². The summed E-state index contributed by atoms with van der Waals surface area (Å²) in [7, 11) is -2.19. The van der Waals surface area contributed by atoms with Gasteiger partial charge in [0.1, 0.15) is 5.75 Å². The van der Waals surface area contributed by atoms with Crippen molar-refractivity contribution in [1.29, 1.82) is 0 Å². The predicted octanol–water partition coefficient (Wildman–Crippen LogP) is 3.05. The van der Waals surface area contributed by atoms with Gasteiger partial charge in [0, 0.05) is 17.3 Å². The summed E-state index contributed by atoms with van der Waals surface area (Å²) in [6, 6.07) is 13.3. The van der Waals surface area contributed by atoms with Gasteiger partial charge in [0.25, 0.3) is 5.91 Å². The number of carbonyl (C=O) groups is 1. The SMILES string of the molecule is C#CCNS(=O)(=O)c1cccc(C(=O)N(c2ccc(OC)cc2)C(C)C2CC2)c1. The van der Waals surface area contributed by atoms with Crippen LogP contribution in [0.4, 0.5) is 5.69 Å². The summed E-state index contributed by atoms with van der Waals surface area (Å²) in [5.41, 5.74) is 1.05. The van der Waals surface area contributed by atoms with Crippen molar-refractivity contribution in [2.24, 2.45) is 5.92 Å². The fourth-order valence-corrected chi connectivity index (χ4v) is 4.20. The highest BCUT2D eigenvalue weighted by molar-refractivity contribution is 7.89. The average molecular weight is 413 g/mol. The molecule has 1 N–H and O–H groups in total.